The molecule has 0 aromatic heterocycles. The van der Waals surface area contributed by atoms with Crippen molar-refractivity contribution in [3.8, 4) is 11.5 Å². The summed E-state index contributed by atoms with van der Waals surface area (Å²) in [4.78, 5) is 0. The third-order valence-corrected chi connectivity index (χ3v) is 4.79. The van der Waals surface area contributed by atoms with Gasteiger partial charge in [-0.05, 0) is 24.3 Å². The first-order chi connectivity index (χ1) is 13.9. The summed E-state index contributed by atoms with van der Waals surface area (Å²) in [5.74, 6) is 1.92. The summed E-state index contributed by atoms with van der Waals surface area (Å²) in [5, 5.41) is 7.10. The third-order valence-electron chi connectivity index (χ3n) is 4.79. The summed E-state index contributed by atoms with van der Waals surface area (Å²) in [6.45, 7) is 8.59. The second-order valence-electron chi connectivity index (χ2n) is 6.95. The highest BCUT2D eigenvalue weighted by atomic mass is 79.9. The number of quaternary nitrogens is 3. The molecule has 1 aliphatic heterocycles. The van der Waals surface area contributed by atoms with E-state index in [0.29, 0.717) is 26.4 Å². The van der Waals surface area contributed by atoms with E-state index in [9.17, 15) is 0 Å². The molecule has 6 N–H and O–H groups in total. The number of nitrogens with two attached hydrogens (primary N) is 3. The molecule has 0 saturated carbocycles. The normalized spacial score (nSPS) is 16.3. The van der Waals surface area contributed by atoms with Crippen LogP contribution in [0, 0.1) is 0 Å². The fourth-order valence-electron chi connectivity index (χ4n) is 3.28. The van der Waals surface area contributed by atoms with E-state index in [-0.39, 0.29) is 50.9 Å². The van der Waals surface area contributed by atoms with Gasteiger partial charge in [-0.3, -0.25) is 0 Å². The Labute approximate surface area is 217 Å². The van der Waals surface area contributed by atoms with Crippen LogP contribution in [-0.4, -0.2) is 52.6 Å². The highest BCUT2D eigenvalue weighted by molar-refractivity contribution is 5.33. The minimum Gasteiger partial charge on any atom is -1.00 e. The van der Waals surface area contributed by atoms with Crippen LogP contribution in [-0.2, 0) is 17.8 Å². The molecule has 2 aromatic carbocycles. The van der Waals surface area contributed by atoms with Gasteiger partial charge in [0.25, 0.3) is 0 Å². The Bertz CT molecular complexity index is 653. The van der Waals surface area contributed by atoms with Gasteiger partial charge in [-0.25, -0.2) is 0 Å². The third kappa shape index (κ3) is 11.7. The van der Waals surface area contributed by atoms with Crippen molar-refractivity contribution in [2.45, 2.75) is 13.1 Å². The lowest BCUT2D eigenvalue weighted by molar-refractivity contribution is -0.757. The maximum atomic E-state index is 5.93. The minimum atomic E-state index is 0. The topological polar surface area (TPSA) is 77.5 Å². The summed E-state index contributed by atoms with van der Waals surface area (Å²) < 4.78 is 17.5. The Morgan fingerprint density at radius 3 is 1.42 bits per heavy atom. The molecule has 6 nitrogen and oxygen atoms in total. The monoisotopic (exact) mass is 625 g/mol. The lowest BCUT2D eigenvalue weighted by Crippen LogP contribution is -3.00. The quantitative estimate of drug-likeness (QED) is 0.272. The molecule has 3 rings (SSSR count). The van der Waals surface area contributed by atoms with Crippen molar-refractivity contribution in [3.05, 3.63) is 59.7 Å². The van der Waals surface area contributed by atoms with Gasteiger partial charge in [0.1, 0.15) is 64.0 Å². The van der Waals surface area contributed by atoms with E-state index in [4.69, 9.17) is 14.2 Å². The summed E-state index contributed by atoms with van der Waals surface area (Å²) >= 11 is 0. The van der Waals surface area contributed by atoms with E-state index >= 15 is 0 Å². The highest BCUT2D eigenvalue weighted by Gasteiger charge is 2.07. The Morgan fingerprint density at radius 1 is 0.516 bits per heavy atom. The zero-order valence-electron chi connectivity index (χ0n) is 17.8. The number of para-hydroxylation sites is 2. The molecule has 1 heterocycles. The molecule has 0 fully saturated rings. The fourth-order valence-corrected chi connectivity index (χ4v) is 3.28. The lowest BCUT2D eigenvalue weighted by atomic mass is 10.2. The second kappa shape index (κ2) is 18.8. The van der Waals surface area contributed by atoms with Crippen LogP contribution in [0.15, 0.2) is 48.5 Å². The van der Waals surface area contributed by atoms with Gasteiger partial charge in [0.15, 0.2) is 0 Å². The maximum Gasteiger partial charge on any atom is 0.128 e. The van der Waals surface area contributed by atoms with Gasteiger partial charge in [0.05, 0.1) is 13.2 Å². The molecule has 0 bridgehead atoms. The predicted octanol–water partition coefficient (Wildman–Crippen LogP) is -10.1. The smallest absolute Gasteiger partial charge is 0.128 e. The van der Waals surface area contributed by atoms with Crippen molar-refractivity contribution >= 4 is 0 Å². The van der Waals surface area contributed by atoms with Crippen molar-refractivity contribution in [1.29, 1.82) is 0 Å². The van der Waals surface area contributed by atoms with Crippen LogP contribution < -0.4 is 76.4 Å². The first-order valence-electron chi connectivity index (χ1n) is 10.4. The molecule has 0 unspecified atom stereocenters. The highest BCUT2D eigenvalue weighted by Crippen LogP contribution is 2.17. The predicted molar refractivity (Wildman–Crippen MR) is 107 cm³/mol. The second-order valence-corrected chi connectivity index (χ2v) is 6.95. The standard InChI is InChI=1S/C22H31N3O3.3BrH/c1-3-7-21-19(5-1)17-24-11-9-23-10-12-25-18-20-6-2-4-8-22(20)28-16-14-26-13-15-27-21;;;/h1-8,23-25H,9-18H2;3*1H. The van der Waals surface area contributed by atoms with Gasteiger partial charge in [0.2, 0.25) is 0 Å². The van der Waals surface area contributed by atoms with Gasteiger partial charge in [0, 0.05) is 11.1 Å². The molecule has 0 aliphatic carbocycles. The van der Waals surface area contributed by atoms with Gasteiger partial charge in [-0.2, -0.15) is 0 Å². The van der Waals surface area contributed by atoms with Crippen LogP contribution in [0.25, 0.3) is 0 Å². The molecule has 0 saturated heterocycles. The van der Waals surface area contributed by atoms with E-state index in [0.717, 1.165) is 50.8 Å². The van der Waals surface area contributed by atoms with Crippen molar-refractivity contribution in [2.24, 2.45) is 0 Å². The molecule has 31 heavy (non-hydrogen) atoms. The Balaban J connectivity index is 0.00000300. The zero-order valence-corrected chi connectivity index (χ0v) is 22.5. The molecule has 0 atom stereocenters. The van der Waals surface area contributed by atoms with Crippen LogP contribution in [0.4, 0.5) is 0 Å². The van der Waals surface area contributed by atoms with Gasteiger partial charge >= 0.3 is 0 Å². The Morgan fingerprint density at radius 2 is 0.935 bits per heavy atom. The van der Waals surface area contributed by atoms with E-state index in [1.165, 1.54) is 11.1 Å². The average molecular weight is 628 g/mol. The van der Waals surface area contributed by atoms with E-state index in [1.54, 1.807) is 0 Å². The average Bonchev–Trinajstić information content (AvgIpc) is 2.73. The van der Waals surface area contributed by atoms with E-state index in [1.807, 2.05) is 24.3 Å². The molecular weight excluding hydrogens is 594 g/mol. The SMILES string of the molecule is [Br-].[Br-].[Br-].c1ccc2c(c1)C[NH2+]CC[NH2+]CC[NH2+]Cc1ccccc1OCCOCCO2. The minimum absolute atomic E-state index is 0. The van der Waals surface area contributed by atoms with Crippen LogP contribution in [0.1, 0.15) is 11.1 Å². The molecule has 0 radical (unpaired) electrons. The summed E-state index contributed by atoms with van der Waals surface area (Å²) in [5.41, 5.74) is 2.48. The molecule has 0 spiro atoms. The van der Waals surface area contributed by atoms with Gasteiger partial charge in [-0.15, -0.1) is 0 Å². The van der Waals surface area contributed by atoms with E-state index in [2.05, 4.69) is 40.2 Å². The first kappa shape index (κ1) is 30.3. The number of halogens is 3. The van der Waals surface area contributed by atoms with Gasteiger partial charge < -0.3 is 81.1 Å². The number of rotatable bonds is 0. The van der Waals surface area contributed by atoms with Crippen molar-refractivity contribution in [2.75, 3.05) is 52.6 Å². The summed E-state index contributed by atoms with van der Waals surface area (Å²) in [6.07, 6.45) is 0. The number of fused-ring (bicyclic) bond motifs is 2. The summed E-state index contributed by atoms with van der Waals surface area (Å²) in [6, 6.07) is 16.5. The Hall–Kier alpha value is -0.680. The summed E-state index contributed by atoms with van der Waals surface area (Å²) in [7, 11) is 0. The van der Waals surface area contributed by atoms with Crippen LogP contribution in [0.2, 0.25) is 0 Å². The largest absolute Gasteiger partial charge is 1.00 e. The lowest BCUT2D eigenvalue weighted by Gasteiger charge is -2.13. The molecule has 2 aromatic rings. The Kier molecular flexibility index (Phi) is 18.4. The molecule has 9 heteroatoms. The maximum absolute atomic E-state index is 5.93. The van der Waals surface area contributed by atoms with Gasteiger partial charge in [-0.1, -0.05) is 24.3 Å². The van der Waals surface area contributed by atoms with Crippen molar-refractivity contribution in [1.82, 2.24) is 0 Å². The number of hydrogen-bond acceptors (Lipinski definition) is 3. The van der Waals surface area contributed by atoms with Crippen molar-refractivity contribution < 1.29 is 81.1 Å². The number of ether oxygens (including phenoxy) is 3. The van der Waals surface area contributed by atoms with Crippen LogP contribution in [0.5, 0.6) is 11.5 Å². The first-order valence-corrected chi connectivity index (χ1v) is 10.4. The number of hydrogen-bond donors (Lipinski definition) is 3. The van der Waals surface area contributed by atoms with Crippen molar-refractivity contribution in [3.63, 3.8) is 0 Å². The molecule has 0 amide bonds. The molecular formula is C22H34Br3N3O3. The number of benzene rings is 2. The zero-order chi connectivity index (χ0) is 19.3. The van der Waals surface area contributed by atoms with E-state index < -0.39 is 0 Å². The molecule has 1 aliphatic rings. The van der Waals surface area contributed by atoms with Crippen LogP contribution in [0.3, 0.4) is 0 Å². The fraction of sp³-hybridized carbons (Fsp3) is 0.455. The van der Waals surface area contributed by atoms with Crippen LogP contribution >= 0.6 is 0 Å². The molecule has 176 valence electrons.